The predicted octanol–water partition coefficient (Wildman–Crippen LogP) is 1.50. The number of hydrogen-bond donors (Lipinski definition) is 3. The zero-order chi connectivity index (χ0) is 20.7. The maximum atomic E-state index is 15.0. The summed E-state index contributed by atoms with van der Waals surface area (Å²) in [6, 6.07) is 5.14. The van der Waals surface area contributed by atoms with E-state index >= 15 is 0 Å². The van der Waals surface area contributed by atoms with E-state index < -0.39 is 12.2 Å². The highest BCUT2D eigenvalue weighted by molar-refractivity contribution is 5.64. The number of hydrogen-bond acceptors (Lipinski definition) is 8. The first-order chi connectivity index (χ1) is 14.6. The van der Waals surface area contributed by atoms with Crippen LogP contribution in [-0.2, 0) is 17.8 Å². The van der Waals surface area contributed by atoms with E-state index in [1.54, 1.807) is 12.1 Å². The maximum Gasteiger partial charge on any atom is 0.181 e. The van der Waals surface area contributed by atoms with E-state index in [4.69, 9.17) is 14.7 Å². The zero-order valence-corrected chi connectivity index (χ0v) is 17.1. The molecule has 3 heterocycles. The van der Waals surface area contributed by atoms with E-state index in [0.717, 1.165) is 56.1 Å². The molecular formula is C21H27FN6O2. The van der Waals surface area contributed by atoms with Gasteiger partial charge in [-0.1, -0.05) is 0 Å². The standard InChI is InChI=1S/C21H27FN6O2/c1-27-11-16-18(12-27)25-19(26-20(16)28-6-8-30-9-7-28)15-5-4-14(10-17(15)22)24-21(29)23-13-2-3-13/h4-5,10,13,21,23-24,29H,2-3,6-9,11-12H2,1H3. The number of aliphatic hydroxyl groups is 1. The van der Waals surface area contributed by atoms with Gasteiger partial charge in [0.05, 0.1) is 24.5 Å². The third-order valence-corrected chi connectivity index (χ3v) is 5.71. The monoisotopic (exact) mass is 414 g/mol. The lowest BCUT2D eigenvalue weighted by atomic mass is 10.1. The van der Waals surface area contributed by atoms with Gasteiger partial charge in [-0.2, -0.15) is 0 Å². The highest BCUT2D eigenvalue weighted by atomic mass is 19.1. The van der Waals surface area contributed by atoms with Gasteiger partial charge in [0.25, 0.3) is 0 Å². The molecule has 30 heavy (non-hydrogen) atoms. The van der Waals surface area contributed by atoms with E-state index in [9.17, 15) is 9.50 Å². The molecule has 1 aromatic carbocycles. The van der Waals surface area contributed by atoms with Gasteiger partial charge in [-0.05, 0) is 38.1 Å². The topological polar surface area (TPSA) is 85.8 Å². The van der Waals surface area contributed by atoms with Gasteiger partial charge in [-0.15, -0.1) is 0 Å². The Morgan fingerprint density at radius 3 is 2.73 bits per heavy atom. The SMILES string of the molecule is CN1Cc2nc(-c3ccc(NC(O)NC4CC4)cc3F)nc(N3CCOCC3)c2C1. The van der Waals surface area contributed by atoms with Crippen LogP contribution < -0.4 is 15.5 Å². The molecule has 1 aliphatic carbocycles. The molecule has 0 radical (unpaired) electrons. The van der Waals surface area contributed by atoms with E-state index in [-0.39, 0.29) is 0 Å². The summed E-state index contributed by atoms with van der Waals surface area (Å²) in [6.45, 7) is 4.38. The van der Waals surface area contributed by atoms with E-state index in [1.807, 2.05) is 7.05 Å². The summed E-state index contributed by atoms with van der Waals surface area (Å²) in [6.07, 6.45) is 1.22. The fourth-order valence-electron chi connectivity index (χ4n) is 4.01. The Hall–Kier alpha value is -2.33. The van der Waals surface area contributed by atoms with Crippen molar-refractivity contribution in [1.29, 1.82) is 0 Å². The van der Waals surface area contributed by atoms with Gasteiger partial charge in [0.2, 0.25) is 0 Å². The van der Waals surface area contributed by atoms with Crippen LogP contribution in [0.15, 0.2) is 18.2 Å². The average Bonchev–Trinajstić information content (AvgIpc) is 3.45. The number of nitrogens with zero attached hydrogens (tertiary/aromatic N) is 4. The molecule has 5 rings (SSSR count). The van der Waals surface area contributed by atoms with Crippen LogP contribution >= 0.6 is 0 Å². The Balaban J connectivity index is 1.43. The molecule has 0 amide bonds. The third kappa shape index (κ3) is 4.11. The Morgan fingerprint density at radius 1 is 1.20 bits per heavy atom. The minimum Gasteiger partial charge on any atom is -0.378 e. The van der Waals surface area contributed by atoms with Crippen molar-refractivity contribution in [2.75, 3.05) is 43.6 Å². The molecular weight excluding hydrogens is 387 g/mol. The van der Waals surface area contributed by atoms with Crippen LogP contribution in [0.1, 0.15) is 24.1 Å². The van der Waals surface area contributed by atoms with Crippen LogP contribution in [0.5, 0.6) is 0 Å². The third-order valence-electron chi connectivity index (χ3n) is 5.71. The molecule has 1 saturated carbocycles. The van der Waals surface area contributed by atoms with Gasteiger partial charge in [0, 0.05) is 43.5 Å². The lowest BCUT2D eigenvalue weighted by Crippen LogP contribution is -2.37. The molecule has 9 heteroatoms. The average molecular weight is 414 g/mol. The largest absolute Gasteiger partial charge is 0.378 e. The first kappa shape index (κ1) is 19.6. The molecule has 1 atom stereocenters. The van der Waals surface area contributed by atoms with Crippen LogP contribution in [0.3, 0.4) is 0 Å². The van der Waals surface area contributed by atoms with Gasteiger partial charge < -0.3 is 20.1 Å². The van der Waals surface area contributed by atoms with Crippen molar-refractivity contribution >= 4 is 11.5 Å². The molecule has 8 nitrogen and oxygen atoms in total. The van der Waals surface area contributed by atoms with E-state index in [1.165, 1.54) is 6.07 Å². The lowest BCUT2D eigenvalue weighted by molar-refractivity contribution is 0.122. The number of ether oxygens (including phenoxy) is 1. The van der Waals surface area contributed by atoms with Crippen LogP contribution in [0, 0.1) is 5.82 Å². The molecule has 2 fully saturated rings. The minimum absolute atomic E-state index is 0.341. The Bertz CT molecular complexity index is 932. The highest BCUT2D eigenvalue weighted by Gasteiger charge is 2.28. The predicted molar refractivity (Wildman–Crippen MR) is 111 cm³/mol. The molecule has 0 spiro atoms. The Kier molecular flexibility index (Phi) is 5.28. The van der Waals surface area contributed by atoms with Crippen molar-refractivity contribution in [1.82, 2.24) is 20.2 Å². The number of fused-ring (bicyclic) bond motifs is 1. The number of nitrogens with one attached hydrogen (secondary N) is 2. The van der Waals surface area contributed by atoms with Crippen molar-refractivity contribution in [2.24, 2.45) is 0 Å². The van der Waals surface area contributed by atoms with E-state index in [2.05, 4.69) is 20.4 Å². The molecule has 3 N–H and O–H groups in total. The summed E-state index contributed by atoms with van der Waals surface area (Å²) in [5, 5.41) is 15.9. The molecule has 1 saturated heterocycles. The summed E-state index contributed by atoms with van der Waals surface area (Å²) in [5.74, 6) is 0.859. The van der Waals surface area contributed by atoms with Gasteiger partial charge >= 0.3 is 0 Å². The molecule has 2 aliphatic heterocycles. The van der Waals surface area contributed by atoms with Crippen molar-refractivity contribution in [3.05, 3.63) is 35.3 Å². The quantitative estimate of drug-likeness (QED) is 0.614. The highest BCUT2D eigenvalue weighted by Crippen LogP contribution is 2.33. The smallest absolute Gasteiger partial charge is 0.181 e. The van der Waals surface area contributed by atoms with Crippen LogP contribution in [0.25, 0.3) is 11.4 Å². The van der Waals surface area contributed by atoms with Crippen LogP contribution in [0.2, 0.25) is 0 Å². The van der Waals surface area contributed by atoms with E-state index in [0.29, 0.717) is 36.3 Å². The maximum absolute atomic E-state index is 15.0. The summed E-state index contributed by atoms with van der Waals surface area (Å²) in [5.41, 5.74) is 2.94. The van der Waals surface area contributed by atoms with Crippen molar-refractivity contribution in [3.8, 4) is 11.4 Å². The Labute approximate surface area is 175 Å². The molecule has 0 bridgehead atoms. The van der Waals surface area contributed by atoms with Crippen LogP contribution in [0.4, 0.5) is 15.9 Å². The summed E-state index contributed by atoms with van der Waals surface area (Å²) >= 11 is 0. The van der Waals surface area contributed by atoms with Gasteiger partial charge in [0.1, 0.15) is 11.6 Å². The summed E-state index contributed by atoms with van der Waals surface area (Å²) in [4.78, 5) is 13.9. The van der Waals surface area contributed by atoms with Crippen LogP contribution in [-0.4, -0.2) is 65.7 Å². The number of benzene rings is 1. The molecule has 2 aromatic rings. The lowest BCUT2D eigenvalue weighted by Gasteiger charge is -2.29. The molecule has 160 valence electrons. The molecule has 1 aromatic heterocycles. The zero-order valence-electron chi connectivity index (χ0n) is 17.1. The summed E-state index contributed by atoms with van der Waals surface area (Å²) in [7, 11) is 2.05. The van der Waals surface area contributed by atoms with Gasteiger partial charge in [0.15, 0.2) is 12.2 Å². The second-order valence-electron chi connectivity index (χ2n) is 8.25. The van der Waals surface area contributed by atoms with Gasteiger partial charge in [-0.25, -0.2) is 14.4 Å². The Morgan fingerprint density at radius 2 is 2.00 bits per heavy atom. The van der Waals surface area contributed by atoms with Crippen molar-refractivity contribution in [3.63, 3.8) is 0 Å². The number of morpholine rings is 1. The molecule has 1 unspecified atom stereocenters. The number of anilines is 2. The second-order valence-corrected chi connectivity index (χ2v) is 8.25. The van der Waals surface area contributed by atoms with Gasteiger partial charge in [-0.3, -0.25) is 10.2 Å². The number of aliphatic hydroxyl groups excluding tert-OH is 1. The number of aromatic nitrogens is 2. The first-order valence-corrected chi connectivity index (χ1v) is 10.5. The number of rotatable bonds is 6. The first-order valence-electron chi connectivity index (χ1n) is 10.5. The minimum atomic E-state index is -0.901. The fraction of sp³-hybridized carbons (Fsp3) is 0.524. The number of halogens is 1. The van der Waals surface area contributed by atoms with Crippen molar-refractivity contribution in [2.45, 2.75) is 38.3 Å². The van der Waals surface area contributed by atoms with Crippen molar-refractivity contribution < 1.29 is 14.2 Å². The second kappa shape index (κ2) is 8.07. The fourth-order valence-corrected chi connectivity index (χ4v) is 4.01. The normalized spacial score (nSPS) is 20.3. The summed E-state index contributed by atoms with van der Waals surface area (Å²) < 4.78 is 20.5. The molecule has 3 aliphatic rings.